The van der Waals surface area contributed by atoms with Crippen molar-refractivity contribution in [3.8, 4) is 0 Å². The monoisotopic (exact) mass is 315 g/mol. The molecule has 0 spiro atoms. The van der Waals surface area contributed by atoms with Crippen LogP contribution in [0.4, 0.5) is 0 Å². The van der Waals surface area contributed by atoms with Crippen LogP contribution >= 0.6 is 0 Å². The molecule has 7 heteroatoms. The lowest BCUT2D eigenvalue weighted by Gasteiger charge is -2.23. The number of hydrogen-bond donors (Lipinski definition) is 1. The third kappa shape index (κ3) is 2.89. The lowest BCUT2D eigenvalue weighted by molar-refractivity contribution is 0.353. The van der Waals surface area contributed by atoms with Crippen molar-refractivity contribution in [2.24, 2.45) is 7.05 Å². The first-order valence-electron chi connectivity index (χ1n) is 8.67. The Hall–Kier alpha value is -1.76. The average Bonchev–Trinajstić information content (AvgIpc) is 3.17. The van der Waals surface area contributed by atoms with E-state index in [1.54, 1.807) is 0 Å². The first-order chi connectivity index (χ1) is 11.1. The summed E-state index contributed by atoms with van der Waals surface area (Å²) in [5, 5.41) is 17.0. The fraction of sp³-hybridized carbons (Fsp3) is 0.750. The number of rotatable bonds is 5. The summed E-state index contributed by atoms with van der Waals surface area (Å²) >= 11 is 0. The third-order valence-corrected chi connectivity index (χ3v) is 4.88. The van der Waals surface area contributed by atoms with Crippen LogP contribution in [-0.4, -0.2) is 35.6 Å². The molecule has 4 rings (SSSR count). The van der Waals surface area contributed by atoms with Gasteiger partial charge in [0.05, 0.1) is 13.1 Å². The summed E-state index contributed by atoms with van der Waals surface area (Å²) in [5.74, 6) is 5.29. The Labute approximate surface area is 136 Å². The second-order valence-corrected chi connectivity index (χ2v) is 7.15. The minimum Gasteiger partial charge on any atom is -0.317 e. The second-order valence-electron chi connectivity index (χ2n) is 7.15. The fourth-order valence-electron chi connectivity index (χ4n) is 3.20. The molecule has 1 atom stereocenters. The van der Waals surface area contributed by atoms with Crippen LogP contribution in [0.2, 0.25) is 0 Å². The van der Waals surface area contributed by atoms with Crippen molar-refractivity contribution in [3.05, 3.63) is 23.3 Å². The normalized spacial score (nSPS) is 21.0. The van der Waals surface area contributed by atoms with Crippen LogP contribution < -0.4 is 5.32 Å². The van der Waals surface area contributed by atoms with E-state index in [2.05, 4.69) is 55.7 Å². The molecule has 2 aliphatic rings. The molecule has 1 saturated carbocycles. The summed E-state index contributed by atoms with van der Waals surface area (Å²) in [5.41, 5.74) is 0. The van der Waals surface area contributed by atoms with Gasteiger partial charge in [-0.15, -0.1) is 10.2 Å². The number of aryl methyl sites for hydroxylation is 1. The van der Waals surface area contributed by atoms with Crippen LogP contribution in [0.25, 0.3) is 0 Å². The highest BCUT2D eigenvalue weighted by atomic mass is 15.4. The number of aromatic nitrogens is 6. The number of nitrogens with one attached hydrogen (secondary N) is 1. The van der Waals surface area contributed by atoms with Crippen molar-refractivity contribution < 1.29 is 0 Å². The maximum atomic E-state index is 4.64. The van der Waals surface area contributed by atoms with Crippen LogP contribution in [0.1, 0.15) is 68.2 Å². The van der Waals surface area contributed by atoms with E-state index < -0.39 is 0 Å². The summed E-state index contributed by atoms with van der Waals surface area (Å²) in [6, 6.07) is 0.422. The zero-order valence-corrected chi connectivity index (χ0v) is 14.2. The van der Waals surface area contributed by atoms with Gasteiger partial charge in [-0.2, -0.15) is 5.10 Å². The topological polar surface area (TPSA) is 73.5 Å². The van der Waals surface area contributed by atoms with Gasteiger partial charge in [-0.3, -0.25) is 0 Å². The highest BCUT2D eigenvalue weighted by Crippen LogP contribution is 2.38. The summed E-state index contributed by atoms with van der Waals surface area (Å²) in [6.07, 6.45) is 4.61. The summed E-state index contributed by atoms with van der Waals surface area (Å²) in [4.78, 5) is 4.64. The lowest BCUT2D eigenvalue weighted by atomic mass is 10.1. The molecule has 0 radical (unpaired) electrons. The van der Waals surface area contributed by atoms with Crippen molar-refractivity contribution >= 4 is 0 Å². The van der Waals surface area contributed by atoms with Gasteiger partial charge in [-0.05, 0) is 19.3 Å². The summed E-state index contributed by atoms with van der Waals surface area (Å²) in [7, 11) is 2.08. The Morgan fingerprint density at radius 1 is 1.22 bits per heavy atom. The van der Waals surface area contributed by atoms with Gasteiger partial charge < -0.3 is 9.88 Å². The minimum atomic E-state index is 0.388. The van der Waals surface area contributed by atoms with Crippen molar-refractivity contribution in [1.82, 2.24) is 34.8 Å². The second kappa shape index (κ2) is 5.70. The van der Waals surface area contributed by atoms with Gasteiger partial charge in [0, 0.05) is 31.3 Å². The molecule has 23 heavy (non-hydrogen) atoms. The van der Waals surface area contributed by atoms with Crippen molar-refractivity contribution in [2.45, 2.75) is 70.5 Å². The maximum absolute atomic E-state index is 4.64. The molecule has 7 nitrogen and oxygen atoms in total. The van der Waals surface area contributed by atoms with Gasteiger partial charge in [0.25, 0.3) is 0 Å². The van der Waals surface area contributed by atoms with E-state index in [0.717, 1.165) is 49.2 Å². The van der Waals surface area contributed by atoms with Gasteiger partial charge in [-0.1, -0.05) is 13.8 Å². The zero-order chi connectivity index (χ0) is 16.0. The highest BCUT2D eigenvalue weighted by Gasteiger charge is 2.29. The van der Waals surface area contributed by atoms with E-state index in [1.165, 1.54) is 12.8 Å². The van der Waals surface area contributed by atoms with E-state index in [4.69, 9.17) is 0 Å². The van der Waals surface area contributed by atoms with Crippen LogP contribution in [0.5, 0.6) is 0 Å². The van der Waals surface area contributed by atoms with E-state index in [0.29, 0.717) is 17.9 Å². The minimum absolute atomic E-state index is 0.388. The molecule has 0 saturated heterocycles. The first kappa shape index (κ1) is 14.8. The molecule has 0 aromatic carbocycles. The molecule has 1 aliphatic heterocycles. The van der Waals surface area contributed by atoms with E-state index in [1.807, 2.05) is 0 Å². The Morgan fingerprint density at radius 2 is 2.04 bits per heavy atom. The largest absolute Gasteiger partial charge is 0.317 e. The van der Waals surface area contributed by atoms with Gasteiger partial charge in [0.2, 0.25) is 0 Å². The van der Waals surface area contributed by atoms with Crippen LogP contribution in [0.15, 0.2) is 0 Å². The predicted molar refractivity (Wildman–Crippen MR) is 86.0 cm³/mol. The van der Waals surface area contributed by atoms with Crippen LogP contribution in [-0.2, 0) is 26.6 Å². The van der Waals surface area contributed by atoms with Crippen LogP contribution in [0.3, 0.4) is 0 Å². The Kier molecular flexibility index (Phi) is 3.67. The Morgan fingerprint density at radius 3 is 2.78 bits per heavy atom. The summed E-state index contributed by atoms with van der Waals surface area (Å²) < 4.78 is 4.23. The van der Waals surface area contributed by atoms with Gasteiger partial charge in [0.15, 0.2) is 5.82 Å². The molecule has 2 aromatic heterocycles. The van der Waals surface area contributed by atoms with Crippen molar-refractivity contribution in [3.63, 3.8) is 0 Å². The number of fused-ring (bicyclic) bond motifs is 1. The maximum Gasteiger partial charge on any atom is 0.153 e. The highest BCUT2D eigenvalue weighted by molar-refractivity contribution is 5.08. The van der Waals surface area contributed by atoms with Gasteiger partial charge >= 0.3 is 0 Å². The molecule has 0 amide bonds. The number of nitrogens with zero attached hydrogens (tertiary/aromatic N) is 6. The van der Waals surface area contributed by atoms with Crippen molar-refractivity contribution in [1.29, 1.82) is 0 Å². The molecule has 3 heterocycles. The molecule has 2 aromatic rings. The molecule has 1 aliphatic carbocycles. The molecular weight excluding hydrogens is 290 g/mol. The standard InChI is InChI=1S/C16H25N7/c1-10(2)15-18-13-7-6-12(9-23(13)21-15)17-8-14-19-20-16(22(14)3)11-4-5-11/h10-12,17H,4-9H2,1-3H3/t12-/m0/s1. The molecule has 1 fully saturated rings. The Balaban J connectivity index is 1.38. The number of hydrogen-bond acceptors (Lipinski definition) is 5. The lowest BCUT2D eigenvalue weighted by Crippen LogP contribution is -2.38. The zero-order valence-electron chi connectivity index (χ0n) is 14.2. The van der Waals surface area contributed by atoms with Crippen molar-refractivity contribution in [2.75, 3.05) is 0 Å². The van der Waals surface area contributed by atoms with Gasteiger partial charge in [-0.25, -0.2) is 9.67 Å². The molecule has 1 N–H and O–H groups in total. The molecule has 0 bridgehead atoms. The third-order valence-electron chi connectivity index (χ3n) is 4.88. The predicted octanol–water partition coefficient (Wildman–Crippen LogP) is 1.51. The fourth-order valence-corrected chi connectivity index (χ4v) is 3.20. The van der Waals surface area contributed by atoms with E-state index in [-0.39, 0.29) is 0 Å². The van der Waals surface area contributed by atoms with Gasteiger partial charge in [0.1, 0.15) is 17.5 Å². The SMILES string of the molecule is CC(C)c1nc2n(n1)C[C@@H](NCc1nnc(C3CC3)n1C)CC2. The average molecular weight is 315 g/mol. The van der Waals surface area contributed by atoms with Crippen LogP contribution in [0, 0.1) is 0 Å². The molecule has 0 unspecified atom stereocenters. The molecule has 124 valence electrons. The van der Waals surface area contributed by atoms with E-state index in [9.17, 15) is 0 Å². The first-order valence-corrected chi connectivity index (χ1v) is 8.67. The Bertz CT molecular complexity index is 695. The van der Waals surface area contributed by atoms with E-state index >= 15 is 0 Å². The molecular formula is C16H25N7. The summed E-state index contributed by atoms with van der Waals surface area (Å²) in [6.45, 7) is 5.94. The smallest absolute Gasteiger partial charge is 0.153 e. The quantitative estimate of drug-likeness (QED) is 0.905.